The quantitative estimate of drug-likeness (QED) is 0.756. The molecule has 1 aromatic heterocycles. The van der Waals surface area contributed by atoms with Crippen LogP contribution < -0.4 is 0 Å². The Morgan fingerprint density at radius 1 is 1.30 bits per heavy atom. The maximum Gasteiger partial charge on any atom is 0.396 e. The van der Waals surface area contributed by atoms with E-state index < -0.39 is 5.97 Å². The fourth-order valence-corrected chi connectivity index (χ4v) is 1.62. The lowest BCUT2D eigenvalue weighted by Gasteiger charge is -1.94. The molecule has 20 heavy (non-hydrogen) atoms. The SMILES string of the molecule is CCOC(=O)c1nnc(CC/C=C/c2ccccc2)o1. The topological polar surface area (TPSA) is 65.2 Å². The van der Waals surface area contributed by atoms with Crippen LogP contribution in [0.1, 0.15) is 35.5 Å². The van der Waals surface area contributed by atoms with Crippen LogP contribution in [0.5, 0.6) is 0 Å². The molecule has 104 valence electrons. The largest absolute Gasteiger partial charge is 0.459 e. The average Bonchev–Trinajstić information content (AvgIpc) is 2.94. The van der Waals surface area contributed by atoms with Gasteiger partial charge in [-0.15, -0.1) is 10.2 Å². The monoisotopic (exact) mass is 272 g/mol. The second-order valence-electron chi connectivity index (χ2n) is 4.07. The fourth-order valence-electron chi connectivity index (χ4n) is 1.62. The third-order valence-electron chi connectivity index (χ3n) is 2.55. The van der Waals surface area contributed by atoms with Gasteiger partial charge in [-0.3, -0.25) is 0 Å². The summed E-state index contributed by atoms with van der Waals surface area (Å²) in [4.78, 5) is 11.3. The number of esters is 1. The summed E-state index contributed by atoms with van der Waals surface area (Å²) in [6.07, 6.45) is 5.42. The lowest BCUT2D eigenvalue weighted by molar-refractivity contribution is 0.0478. The Kier molecular flexibility index (Phi) is 5.06. The zero-order valence-electron chi connectivity index (χ0n) is 11.3. The summed E-state index contributed by atoms with van der Waals surface area (Å²) in [6, 6.07) is 10.0. The van der Waals surface area contributed by atoms with Crippen molar-refractivity contribution in [1.29, 1.82) is 0 Å². The number of allylic oxidation sites excluding steroid dienone is 1. The number of nitrogens with zero attached hydrogens (tertiary/aromatic N) is 2. The highest BCUT2D eigenvalue weighted by Gasteiger charge is 2.15. The fraction of sp³-hybridized carbons (Fsp3) is 0.267. The van der Waals surface area contributed by atoms with E-state index in [0.717, 1.165) is 12.0 Å². The van der Waals surface area contributed by atoms with Crippen LogP contribution in [0, 0.1) is 0 Å². The Morgan fingerprint density at radius 2 is 2.10 bits per heavy atom. The number of rotatable bonds is 6. The van der Waals surface area contributed by atoms with Crippen LogP contribution >= 0.6 is 0 Å². The molecule has 5 heteroatoms. The summed E-state index contributed by atoms with van der Waals surface area (Å²) in [5, 5.41) is 7.47. The molecule has 0 amide bonds. The van der Waals surface area contributed by atoms with Crippen LogP contribution in [-0.2, 0) is 11.2 Å². The van der Waals surface area contributed by atoms with E-state index >= 15 is 0 Å². The number of aromatic nitrogens is 2. The second kappa shape index (κ2) is 7.23. The van der Waals surface area contributed by atoms with E-state index in [1.807, 2.05) is 42.5 Å². The van der Waals surface area contributed by atoms with E-state index in [2.05, 4.69) is 10.2 Å². The van der Waals surface area contributed by atoms with Crippen molar-refractivity contribution >= 4 is 12.0 Å². The molecule has 0 spiro atoms. The molecule has 1 heterocycles. The van der Waals surface area contributed by atoms with Gasteiger partial charge in [0.05, 0.1) is 6.61 Å². The first-order valence-corrected chi connectivity index (χ1v) is 6.50. The highest BCUT2D eigenvalue weighted by atomic mass is 16.5. The molecule has 0 bridgehead atoms. The predicted octanol–water partition coefficient (Wildman–Crippen LogP) is 2.89. The van der Waals surface area contributed by atoms with Crippen LogP contribution in [0.15, 0.2) is 40.8 Å². The van der Waals surface area contributed by atoms with Crippen LogP contribution in [0.2, 0.25) is 0 Å². The van der Waals surface area contributed by atoms with Crippen molar-refractivity contribution in [1.82, 2.24) is 10.2 Å². The Balaban J connectivity index is 1.83. The molecule has 0 atom stereocenters. The number of carbonyl (C=O) groups excluding carboxylic acids is 1. The minimum Gasteiger partial charge on any atom is -0.459 e. The summed E-state index contributed by atoms with van der Waals surface area (Å²) in [5.74, 6) is -0.231. The molecular formula is C15H16N2O3. The van der Waals surface area contributed by atoms with Crippen LogP contribution in [0.25, 0.3) is 6.08 Å². The van der Waals surface area contributed by atoms with Crippen LogP contribution in [0.3, 0.4) is 0 Å². The van der Waals surface area contributed by atoms with E-state index in [9.17, 15) is 4.79 Å². The molecule has 0 saturated carbocycles. The molecule has 1 aromatic carbocycles. The number of hydrogen-bond donors (Lipinski definition) is 0. The van der Waals surface area contributed by atoms with Crippen molar-refractivity contribution in [3.63, 3.8) is 0 Å². The summed E-state index contributed by atoms with van der Waals surface area (Å²) in [7, 11) is 0. The third-order valence-corrected chi connectivity index (χ3v) is 2.55. The molecule has 5 nitrogen and oxygen atoms in total. The highest BCUT2D eigenvalue weighted by Crippen LogP contribution is 2.07. The first kappa shape index (κ1) is 14.0. The van der Waals surface area contributed by atoms with E-state index in [1.165, 1.54) is 0 Å². The molecule has 0 N–H and O–H groups in total. The summed E-state index contributed by atoms with van der Waals surface area (Å²) in [6.45, 7) is 2.01. The lowest BCUT2D eigenvalue weighted by Crippen LogP contribution is -2.04. The lowest BCUT2D eigenvalue weighted by atomic mass is 10.2. The highest BCUT2D eigenvalue weighted by molar-refractivity contribution is 5.83. The number of benzene rings is 1. The zero-order chi connectivity index (χ0) is 14.2. The van der Waals surface area contributed by atoms with Gasteiger partial charge in [0.1, 0.15) is 0 Å². The van der Waals surface area contributed by atoms with Gasteiger partial charge in [0, 0.05) is 6.42 Å². The van der Waals surface area contributed by atoms with Crippen LogP contribution in [-0.4, -0.2) is 22.8 Å². The zero-order valence-corrected chi connectivity index (χ0v) is 11.3. The third kappa shape index (κ3) is 4.05. The van der Waals surface area contributed by atoms with Crippen LogP contribution in [0.4, 0.5) is 0 Å². The average molecular weight is 272 g/mol. The van der Waals surface area contributed by atoms with Gasteiger partial charge in [0.2, 0.25) is 5.89 Å². The normalized spacial score (nSPS) is 10.8. The molecular weight excluding hydrogens is 256 g/mol. The summed E-state index contributed by atoms with van der Waals surface area (Å²) < 4.78 is 10.00. The standard InChI is InChI=1S/C15H16N2O3/c1-2-19-15(18)14-17-16-13(20-14)11-7-6-10-12-8-4-3-5-9-12/h3-6,8-10H,2,7,11H2,1H3/b10-6+. The van der Waals surface area contributed by atoms with Gasteiger partial charge in [0.25, 0.3) is 0 Å². The minimum absolute atomic E-state index is 0.0890. The smallest absolute Gasteiger partial charge is 0.396 e. The first-order chi connectivity index (χ1) is 9.79. The van der Waals surface area contributed by atoms with Gasteiger partial charge in [-0.2, -0.15) is 0 Å². The number of carbonyl (C=O) groups is 1. The molecule has 0 aliphatic rings. The Hall–Kier alpha value is -2.43. The van der Waals surface area contributed by atoms with Crippen molar-refractivity contribution in [2.24, 2.45) is 0 Å². The molecule has 0 unspecified atom stereocenters. The van der Waals surface area contributed by atoms with Gasteiger partial charge in [-0.1, -0.05) is 42.5 Å². The van der Waals surface area contributed by atoms with Gasteiger partial charge in [-0.25, -0.2) is 4.79 Å². The van der Waals surface area contributed by atoms with Crippen molar-refractivity contribution < 1.29 is 13.9 Å². The van der Waals surface area contributed by atoms with Crippen molar-refractivity contribution in [2.45, 2.75) is 19.8 Å². The summed E-state index contributed by atoms with van der Waals surface area (Å²) >= 11 is 0. The number of hydrogen-bond acceptors (Lipinski definition) is 5. The molecule has 0 fully saturated rings. The van der Waals surface area contributed by atoms with Gasteiger partial charge in [-0.05, 0) is 18.9 Å². The van der Waals surface area contributed by atoms with E-state index in [4.69, 9.17) is 9.15 Å². The van der Waals surface area contributed by atoms with Crippen molar-refractivity contribution in [3.8, 4) is 0 Å². The predicted molar refractivity (Wildman–Crippen MR) is 74.1 cm³/mol. The van der Waals surface area contributed by atoms with Gasteiger partial charge in [0.15, 0.2) is 0 Å². The van der Waals surface area contributed by atoms with Gasteiger partial charge >= 0.3 is 11.9 Å². The number of ether oxygens (including phenoxy) is 1. The molecule has 0 radical (unpaired) electrons. The molecule has 2 rings (SSSR count). The second-order valence-corrected chi connectivity index (χ2v) is 4.07. The van der Waals surface area contributed by atoms with Crippen molar-refractivity contribution in [2.75, 3.05) is 6.61 Å². The first-order valence-electron chi connectivity index (χ1n) is 6.50. The maximum atomic E-state index is 11.3. The molecule has 0 saturated heterocycles. The van der Waals surface area contributed by atoms with E-state index in [0.29, 0.717) is 12.3 Å². The molecule has 0 aliphatic heterocycles. The van der Waals surface area contributed by atoms with E-state index in [1.54, 1.807) is 6.92 Å². The Bertz CT molecular complexity index is 576. The molecule has 2 aromatic rings. The summed E-state index contributed by atoms with van der Waals surface area (Å²) in [5.41, 5.74) is 1.14. The maximum absolute atomic E-state index is 11.3. The Labute approximate surface area is 117 Å². The van der Waals surface area contributed by atoms with Crippen molar-refractivity contribution in [3.05, 3.63) is 53.8 Å². The molecule has 0 aliphatic carbocycles. The van der Waals surface area contributed by atoms with Gasteiger partial charge < -0.3 is 9.15 Å². The minimum atomic E-state index is -0.578. The number of aryl methyl sites for hydroxylation is 1. The Morgan fingerprint density at radius 3 is 2.85 bits per heavy atom. The van der Waals surface area contributed by atoms with E-state index in [-0.39, 0.29) is 12.5 Å².